The molecule has 0 aliphatic rings. The van der Waals surface area contributed by atoms with Crippen LogP contribution in [-0.2, 0) is 5.60 Å². The van der Waals surface area contributed by atoms with Crippen molar-refractivity contribution in [3.8, 4) is 11.4 Å². The summed E-state index contributed by atoms with van der Waals surface area (Å²) in [6.45, 7) is 4.00. The summed E-state index contributed by atoms with van der Waals surface area (Å²) in [5, 5.41) is 24.7. The summed E-state index contributed by atoms with van der Waals surface area (Å²) < 4.78 is 0.928. The van der Waals surface area contributed by atoms with Gasteiger partial charge in [0.2, 0.25) is 0 Å². The van der Waals surface area contributed by atoms with Gasteiger partial charge in [-0.15, -0.1) is 5.10 Å². The smallest absolute Gasteiger partial charge is 0.179 e. The molecule has 0 saturated carbocycles. The molecule has 1 unspecified atom stereocenters. The van der Waals surface area contributed by atoms with Crippen molar-refractivity contribution in [3.63, 3.8) is 0 Å². The first-order valence-corrected chi connectivity index (χ1v) is 7.60. The lowest BCUT2D eigenvalue weighted by molar-refractivity contribution is 0.0455. The van der Waals surface area contributed by atoms with E-state index in [0.717, 1.165) is 41.3 Å². The second kappa shape index (κ2) is 6.45. The highest BCUT2D eigenvalue weighted by Crippen LogP contribution is 2.35. The highest BCUT2D eigenvalue weighted by atomic mass is 79.9. The van der Waals surface area contributed by atoms with Crippen LogP contribution in [0.3, 0.4) is 0 Å². The molecular formula is C14H19BrN4O. The molecule has 1 atom stereocenters. The lowest BCUT2D eigenvalue weighted by Gasteiger charge is -2.26. The lowest BCUT2D eigenvalue weighted by Crippen LogP contribution is -2.22. The van der Waals surface area contributed by atoms with E-state index in [4.69, 9.17) is 0 Å². The second-order valence-corrected chi connectivity index (χ2v) is 6.09. The molecule has 0 radical (unpaired) electrons. The number of aromatic amines is 1. The molecule has 0 aliphatic heterocycles. The predicted molar refractivity (Wildman–Crippen MR) is 81.0 cm³/mol. The van der Waals surface area contributed by atoms with Gasteiger partial charge >= 0.3 is 0 Å². The second-order valence-electron chi connectivity index (χ2n) is 5.17. The van der Waals surface area contributed by atoms with Crippen LogP contribution in [0.2, 0.25) is 0 Å². The molecule has 20 heavy (non-hydrogen) atoms. The Bertz CT molecular complexity index is 554. The molecule has 1 aromatic carbocycles. The van der Waals surface area contributed by atoms with Gasteiger partial charge in [-0.1, -0.05) is 48.2 Å². The number of benzene rings is 1. The standard InChI is InChI=1S/C14H19BrN4O/c1-3-4-5-8-14(2,20)12-7-6-10(15)9-11(12)13-16-18-19-17-13/h6-7,9,20H,3-5,8H2,1-2H3,(H,16,17,18,19). The number of tetrazole rings is 1. The highest BCUT2D eigenvalue weighted by Gasteiger charge is 2.27. The maximum atomic E-state index is 10.8. The number of hydrogen-bond donors (Lipinski definition) is 2. The van der Waals surface area contributed by atoms with E-state index >= 15 is 0 Å². The molecule has 5 nitrogen and oxygen atoms in total. The van der Waals surface area contributed by atoms with Gasteiger partial charge in [0, 0.05) is 10.0 Å². The molecule has 1 heterocycles. The largest absolute Gasteiger partial charge is 0.385 e. The number of nitrogens with one attached hydrogen (secondary N) is 1. The van der Waals surface area contributed by atoms with Crippen molar-refractivity contribution >= 4 is 15.9 Å². The molecule has 2 aromatic rings. The van der Waals surface area contributed by atoms with E-state index in [2.05, 4.69) is 43.5 Å². The van der Waals surface area contributed by atoms with E-state index in [1.165, 1.54) is 0 Å². The van der Waals surface area contributed by atoms with Gasteiger partial charge in [-0.25, -0.2) is 5.10 Å². The number of unbranched alkanes of at least 4 members (excludes halogenated alkanes) is 2. The Balaban J connectivity index is 2.35. The van der Waals surface area contributed by atoms with Crippen molar-refractivity contribution in [1.82, 2.24) is 20.6 Å². The van der Waals surface area contributed by atoms with Crippen LogP contribution >= 0.6 is 15.9 Å². The van der Waals surface area contributed by atoms with Crippen LogP contribution in [0.4, 0.5) is 0 Å². The van der Waals surface area contributed by atoms with Crippen LogP contribution in [0, 0.1) is 0 Å². The van der Waals surface area contributed by atoms with Crippen LogP contribution in [0.25, 0.3) is 11.4 Å². The molecule has 0 aliphatic carbocycles. The number of halogens is 1. The topological polar surface area (TPSA) is 74.7 Å². The fourth-order valence-corrected chi connectivity index (χ4v) is 2.67. The van der Waals surface area contributed by atoms with Crippen molar-refractivity contribution < 1.29 is 5.11 Å². The van der Waals surface area contributed by atoms with E-state index in [1.807, 2.05) is 25.1 Å². The fraction of sp³-hybridized carbons (Fsp3) is 0.500. The summed E-state index contributed by atoms with van der Waals surface area (Å²) in [6.07, 6.45) is 3.96. The molecule has 108 valence electrons. The Kier molecular flexibility index (Phi) is 4.88. The molecule has 2 N–H and O–H groups in total. The number of H-pyrrole nitrogens is 1. The number of rotatable bonds is 6. The van der Waals surface area contributed by atoms with E-state index in [9.17, 15) is 5.11 Å². The minimum atomic E-state index is -0.891. The Hall–Kier alpha value is -1.27. The maximum Gasteiger partial charge on any atom is 0.179 e. The Morgan fingerprint density at radius 2 is 2.15 bits per heavy atom. The minimum absolute atomic E-state index is 0.567. The van der Waals surface area contributed by atoms with Gasteiger partial charge in [-0.2, -0.15) is 0 Å². The molecule has 1 aromatic heterocycles. The van der Waals surface area contributed by atoms with Gasteiger partial charge in [0.25, 0.3) is 0 Å². The molecule has 0 saturated heterocycles. The predicted octanol–water partition coefficient (Wildman–Crippen LogP) is 3.42. The Labute approximate surface area is 126 Å². The molecular weight excluding hydrogens is 320 g/mol. The van der Waals surface area contributed by atoms with Crippen molar-refractivity contribution in [2.75, 3.05) is 0 Å². The van der Waals surface area contributed by atoms with Gasteiger partial charge in [-0.05, 0) is 41.5 Å². The zero-order chi connectivity index (χ0) is 14.6. The molecule has 0 spiro atoms. The first-order chi connectivity index (χ1) is 9.54. The van der Waals surface area contributed by atoms with E-state index < -0.39 is 5.60 Å². The molecule has 0 amide bonds. The number of hydrogen-bond acceptors (Lipinski definition) is 4. The number of nitrogens with zero attached hydrogens (tertiary/aromatic N) is 3. The first kappa shape index (κ1) is 15.1. The summed E-state index contributed by atoms with van der Waals surface area (Å²) in [4.78, 5) is 0. The molecule has 2 rings (SSSR count). The first-order valence-electron chi connectivity index (χ1n) is 6.81. The van der Waals surface area contributed by atoms with Gasteiger partial charge in [0.15, 0.2) is 5.82 Å². The maximum absolute atomic E-state index is 10.8. The molecule has 0 fully saturated rings. The molecule has 0 bridgehead atoms. The Morgan fingerprint density at radius 1 is 1.35 bits per heavy atom. The van der Waals surface area contributed by atoms with Crippen LogP contribution in [0.1, 0.15) is 45.1 Å². The van der Waals surface area contributed by atoms with Gasteiger partial charge in [0.1, 0.15) is 0 Å². The average molecular weight is 339 g/mol. The summed E-state index contributed by atoms with van der Waals surface area (Å²) in [5.41, 5.74) is 0.777. The summed E-state index contributed by atoms with van der Waals surface area (Å²) in [6, 6.07) is 5.77. The highest BCUT2D eigenvalue weighted by molar-refractivity contribution is 9.10. The SMILES string of the molecule is CCCCCC(C)(O)c1ccc(Br)cc1-c1nnn[nH]1. The minimum Gasteiger partial charge on any atom is -0.385 e. The van der Waals surface area contributed by atoms with Crippen LogP contribution < -0.4 is 0 Å². The zero-order valence-corrected chi connectivity index (χ0v) is 13.3. The summed E-state index contributed by atoms with van der Waals surface area (Å²) in [7, 11) is 0. The van der Waals surface area contributed by atoms with Crippen molar-refractivity contribution in [3.05, 3.63) is 28.2 Å². The quantitative estimate of drug-likeness (QED) is 0.791. The van der Waals surface area contributed by atoms with E-state index in [-0.39, 0.29) is 0 Å². The third kappa shape index (κ3) is 3.43. The van der Waals surface area contributed by atoms with Crippen molar-refractivity contribution in [2.45, 2.75) is 45.1 Å². The van der Waals surface area contributed by atoms with Crippen LogP contribution in [0.15, 0.2) is 22.7 Å². The van der Waals surface area contributed by atoms with Gasteiger partial charge in [0.05, 0.1) is 5.60 Å². The van der Waals surface area contributed by atoms with Gasteiger partial charge in [-0.3, -0.25) is 0 Å². The number of aromatic nitrogens is 4. The molecule has 6 heteroatoms. The van der Waals surface area contributed by atoms with E-state index in [1.54, 1.807) is 0 Å². The lowest BCUT2D eigenvalue weighted by atomic mass is 9.87. The summed E-state index contributed by atoms with van der Waals surface area (Å²) in [5.74, 6) is 0.567. The Morgan fingerprint density at radius 3 is 2.80 bits per heavy atom. The van der Waals surface area contributed by atoms with Crippen LogP contribution in [0.5, 0.6) is 0 Å². The third-order valence-corrected chi connectivity index (χ3v) is 3.92. The van der Waals surface area contributed by atoms with Gasteiger partial charge < -0.3 is 5.11 Å². The van der Waals surface area contributed by atoms with E-state index in [0.29, 0.717) is 5.82 Å². The number of aliphatic hydroxyl groups is 1. The zero-order valence-electron chi connectivity index (χ0n) is 11.7. The monoisotopic (exact) mass is 338 g/mol. The third-order valence-electron chi connectivity index (χ3n) is 3.43. The normalized spacial score (nSPS) is 14.2. The van der Waals surface area contributed by atoms with Crippen molar-refractivity contribution in [1.29, 1.82) is 0 Å². The fourth-order valence-electron chi connectivity index (χ4n) is 2.31. The van der Waals surface area contributed by atoms with Crippen LogP contribution in [-0.4, -0.2) is 25.7 Å². The average Bonchev–Trinajstić information content (AvgIpc) is 2.92. The summed E-state index contributed by atoms with van der Waals surface area (Å²) >= 11 is 3.45. The van der Waals surface area contributed by atoms with Crippen molar-refractivity contribution in [2.24, 2.45) is 0 Å².